The molecule has 1 aromatic carbocycles. The molecule has 76 valence electrons. The Morgan fingerprint density at radius 1 is 1.29 bits per heavy atom. The van der Waals surface area contributed by atoms with Gasteiger partial charge in [0.2, 0.25) is 0 Å². The highest BCUT2D eigenvalue weighted by Crippen LogP contribution is 2.16. The van der Waals surface area contributed by atoms with E-state index in [4.69, 9.17) is 0 Å². The van der Waals surface area contributed by atoms with Gasteiger partial charge in [-0.2, -0.15) is 0 Å². The Morgan fingerprint density at radius 3 is 2.50 bits per heavy atom. The summed E-state index contributed by atoms with van der Waals surface area (Å²) in [5.41, 5.74) is 3.21. The fourth-order valence-corrected chi connectivity index (χ4v) is 1.53. The van der Waals surface area contributed by atoms with Gasteiger partial charge in [0, 0.05) is 12.0 Å². The fourth-order valence-electron chi connectivity index (χ4n) is 1.53. The Kier molecular flexibility index (Phi) is 3.45. The first-order valence-corrected chi connectivity index (χ1v) is 5.11. The number of carbonyl (C=O) groups is 1. The fraction of sp³-hybridized carbons (Fsp3) is 0.462. The molecule has 0 bridgehead atoms. The molecule has 0 heterocycles. The lowest BCUT2D eigenvalue weighted by molar-refractivity contribution is 0.0967. The lowest BCUT2D eigenvalue weighted by Crippen LogP contribution is -2.06. The topological polar surface area (TPSA) is 17.1 Å². The number of rotatable bonds is 3. The molecule has 0 aliphatic carbocycles. The zero-order chi connectivity index (χ0) is 10.7. The van der Waals surface area contributed by atoms with Crippen LogP contribution in [0.4, 0.5) is 0 Å². The molecule has 0 aliphatic rings. The van der Waals surface area contributed by atoms with Gasteiger partial charge in [-0.1, -0.05) is 32.0 Å². The van der Waals surface area contributed by atoms with Crippen LogP contribution in [-0.2, 0) is 0 Å². The predicted octanol–water partition coefficient (Wildman–Crippen LogP) is 3.53. The van der Waals surface area contributed by atoms with Gasteiger partial charge in [-0.25, -0.2) is 0 Å². The highest BCUT2D eigenvalue weighted by Gasteiger charge is 2.11. The van der Waals surface area contributed by atoms with Gasteiger partial charge in [-0.3, -0.25) is 4.79 Å². The normalized spacial score (nSPS) is 10.6. The van der Waals surface area contributed by atoms with Crippen molar-refractivity contribution in [1.82, 2.24) is 0 Å². The molecule has 0 aliphatic heterocycles. The van der Waals surface area contributed by atoms with Crippen LogP contribution in [0, 0.1) is 19.8 Å². The van der Waals surface area contributed by atoms with Crippen LogP contribution in [0.1, 0.15) is 41.8 Å². The van der Waals surface area contributed by atoms with Crippen molar-refractivity contribution in [2.45, 2.75) is 34.1 Å². The van der Waals surface area contributed by atoms with Crippen LogP contribution in [0.3, 0.4) is 0 Å². The Morgan fingerprint density at radius 2 is 1.93 bits per heavy atom. The van der Waals surface area contributed by atoms with Crippen molar-refractivity contribution in [2.24, 2.45) is 5.92 Å². The molecule has 1 nitrogen and oxygen atoms in total. The Balaban J connectivity index is 2.96. The van der Waals surface area contributed by atoms with E-state index >= 15 is 0 Å². The van der Waals surface area contributed by atoms with Gasteiger partial charge in [0.05, 0.1) is 0 Å². The van der Waals surface area contributed by atoms with Crippen LogP contribution in [0.5, 0.6) is 0 Å². The monoisotopic (exact) mass is 190 g/mol. The second-order valence-corrected chi connectivity index (χ2v) is 4.27. The van der Waals surface area contributed by atoms with E-state index in [1.54, 1.807) is 0 Å². The SMILES string of the molecule is Cc1cccc(C(=O)CC(C)C)c1C. The second kappa shape index (κ2) is 4.41. The molecule has 0 saturated carbocycles. The standard InChI is InChI=1S/C13H18O/c1-9(2)8-13(14)12-7-5-6-10(3)11(12)4/h5-7,9H,8H2,1-4H3. The maximum absolute atomic E-state index is 11.8. The molecule has 0 fully saturated rings. The van der Waals surface area contributed by atoms with E-state index in [0.717, 1.165) is 11.1 Å². The van der Waals surface area contributed by atoms with Crippen molar-refractivity contribution in [3.05, 3.63) is 34.9 Å². The van der Waals surface area contributed by atoms with Gasteiger partial charge >= 0.3 is 0 Å². The lowest BCUT2D eigenvalue weighted by atomic mass is 9.95. The molecule has 0 spiro atoms. The molecule has 0 unspecified atom stereocenters. The number of ketones is 1. The summed E-state index contributed by atoms with van der Waals surface area (Å²) in [5, 5.41) is 0. The largest absolute Gasteiger partial charge is 0.294 e. The number of aryl methyl sites for hydroxylation is 1. The Labute approximate surface area is 86.1 Å². The zero-order valence-electron chi connectivity index (χ0n) is 9.42. The molecule has 1 heteroatoms. The Hall–Kier alpha value is -1.11. The summed E-state index contributed by atoms with van der Waals surface area (Å²) in [5.74, 6) is 0.698. The van der Waals surface area contributed by atoms with E-state index in [9.17, 15) is 4.79 Å². The van der Waals surface area contributed by atoms with Crippen molar-refractivity contribution >= 4 is 5.78 Å². The van der Waals surface area contributed by atoms with Crippen LogP contribution >= 0.6 is 0 Å². The molecular formula is C13H18O. The second-order valence-electron chi connectivity index (χ2n) is 4.27. The first-order chi connectivity index (χ1) is 6.52. The van der Waals surface area contributed by atoms with Crippen molar-refractivity contribution in [3.63, 3.8) is 0 Å². The zero-order valence-corrected chi connectivity index (χ0v) is 9.42. The van der Waals surface area contributed by atoms with Crippen molar-refractivity contribution in [2.75, 3.05) is 0 Å². The maximum atomic E-state index is 11.8. The molecule has 0 radical (unpaired) electrons. The van der Waals surface area contributed by atoms with E-state index in [1.165, 1.54) is 5.56 Å². The summed E-state index contributed by atoms with van der Waals surface area (Å²) in [6.45, 7) is 8.20. The Bertz CT molecular complexity index is 337. The minimum atomic E-state index is 0.265. The summed E-state index contributed by atoms with van der Waals surface area (Å²) in [7, 11) is 0. The highest BCUT2D eigenvalue weighted by molar-refractivity contribution is 5.97. The van der Waals surface area contributed by atoms with Crippen molar-refractivity contribution < 1.29 is 4.79 Å². The van der Waals surface area contributed by atoms with Crippen molar-refractivity contribution in [1.29, 1.82) is 0 Å². The van der Waals surface area contributed by atoms with Gasteiger partial charge in [0.25, 0.3) is 0 Å². The van der Waals surface area contributed by atoms with Gasteiger partial charge in [-0.05, 0) is 30.9 Å². The predicted molar refractivity (Wildman–Crippen MR) is 59.7 cm³/mol. The smallest absolute Gasteiger partial charge is 0.163 e. The molecule has 0 saturated heterocycles. The van der Waals surface area contributed by atoms with Gasteiger partial charge in [0.1, 0.15) is 0 Å². The molecule has 0 N–H and O–H groups in total. The van der Waals surface area contributed by atoms with Crippen molar-refractivity contribution in [3.8, 4) is 0 Å². The number of Topliss-reactive ketones (excluding diaryl/α,β-unsaturated/α-hetero) is 1. The summed E-state index contributed by atoms with van der Waals surface area (Å²) >= 11 is 0. The average molecular weight is 190 g/mol. The lowest BCUT2D eigenvalue weighted by Gasteiger charge is -2.08. The van der Waals surface area contributed by atoms with Crippen LogP contribution in [0.2, 0.25) is 0 Å². The molecule has 1 aromatic rings. The molecule has 0 aromatic heterocycles. The van der Waals surface area contributed by atoms with Crippen LogP contribution in [-0.4, -0.2) is 5.78 Å². The average Bonchev–Trinajstić information content (AvgIpc) is 2.08. The van der Waals surface area contributed by atoms with E-state index in [1.807, 2.05) is 32.0 Å². The van der Waals surface area contributed by atoms with Gasteiger partial charge in [-0.15, -0.1) is 0 Å². The summed E-state index contributed by atoms with van der Waals surface area (Å²) < 4.78 is 0. The van der Waals surface area contributed by atoms with E-state index < -0.39 is 0 Å². The summed E-state index contributed by atoms with van der Waals surface area (Å²) in [6.07, 6.45) is 0.643. The minimum Gasteiger partial charge on any atom is -0.294 e. The first-order valence-electron chi connectivity index (χ1n) is 5.11. The minimum absolute atomic E-state index is 0.265. The third-order valence-corrected chi connectivity index (χ3v) is 2.50. The van der Waals surface area contributed by atoms with E-state index in [2.05, 4.69) is 13.8 Å². The van der Waals surface area contributed by atoms with Crippen LogP contribution in [0.15, 0.2) is 18.2 Å². The number of carbonyl (C=O) groups excluding carboxylic acids is 1. The molecule has 0 atom stereocenters. The molecule has 0 amide bonds. The quantitative estimate of drug-likeness (QED) is 0.666. The van der Waals surface area contributed by atoms with E-state index in [0.29, 0.717) is 12.3 Å². The number of hydrogen-bond acceptors (Lipinski definition) is 1. The molecule has 14 heavy (non-hydrogen) atoms. The third kappa shape index (κ3) is 2.44. The first kappa shape index (κ1) is 11.0. The van der Waals surface area contributed by atoms with Crippen LogP contribution < -0.4 is 0 Å². The van der Waals surface area contributed by atoms with Gasteiger partial charge in [0.15, 0.2) is 5.78 Å². The van der Waals surface area contributed by atoms with Gasteiger partial charge < -0.3 is 0 Å². The van der Waals surface area contributed by atoms with Crippen LogP contribution in [0.25, 0.3) is 0 Å². The number of hydrogen-bond donors (Lipinski definition) is 0. The molecular weight excluding hydrogens is 172 g/mol. The summed E-state index contributed by atoms with van der Waals surface area (Å²) in [4.78, 5) is 11.8. The van der Waals surface area contributed by atoms with E-state index in [-0.39, 0.29) is 5.78 Å². The third-order valence-electron chi connectivity index (χ3n) is 2.50. The maximum Gasteiger partial charge on any atom is 0.163 e. The summed E-state index contributed by atoms with van der Waals surface area (Å²) in [6, 6.07) is 5.92. The molecule has 1 rings (SSSR count). The number of benzene rings is 1. The highest BCUT2D eigenvalue weighted by atomic mass is 16.1.